The molecule has 0 aromatic heterocycles. The van der Waals surface area contributed by atoms with Crippen molar-refractivity contribution in [2.75, 3.05) is 20.4 Å². The van der Waals surface area contributed by atoms with Crippen molar-refractivity contribution < 1.29 is 19.1 Å². The molecule has 0 unspecified atom stereocenters. The maximum absolute atomic E-state index is 11.5. The van der Waals surface area contributed by atoms with E-state index in [0.29, 0.717) is 18.4 Å². The highest BCUT2D eigenvalue weighted by Gasteiger charge is 2.07. The third-order valence-corrected chi connectivity index (χ3v) is 2.23. The Kier molecular flexibility index (Phi) is 6.50. The second-order valence-corrected chi connectivity index (χ2v) is 3.64. The van der Waals surface area contributed by atoms with E-state index in [0.717, 1.165) is 6.54 Å². The Morgan fingerprint density at radius 1 is 1.17 bits per heavy atom. The third kappa shape index (κ3) is 5.45. The minimum Gasteiger partial charge on any atom is -0.428 e. The number of hydrogen-bond acceptors (Lipinski definition) is 5. The minimum absolute atomic E-state index is 0.309. The molecule has 0 saturated carbocycles. The number of carbonyl (C=O) groups is 2. The van der Waals surface area contributed by atoms with E-state index in [4.69, 9.17) is 9.47 Å². The molecule has 0 fully saturated rings. The smallest absolute Gasteiger partial charge is 0.340 e. The highest BCUT2D eigenvalue weighted by molar-refractivity contribution is 5.89. The second kappa shape index (κ2) is 8.25. The van der Waals surface area contributed by atoms with E-state index in [1.807, 2.05) is 7.05 Å². The molecule has 0 heterocycles. The quantitative estimate of drug-likeness (QED) is 0.450. The van der Waals surface area contributed by atoms with Crippen LogP contribution in [-0.2, 0) is 14.3 Å². The van der Waals surface area contributed by atoms with Gasteiger partial charge in [0, 0.05) is 6.42 Å². The normalized spacial score (nSPS) is 9.83. The maximum Gasteiger partial charge on any atom is 0.340 e. The van der Waals surface area contributed by atoms with Crippen molar-refractivity contribution >= 4 is 11.9 Å². The summed E-state index contributed by atoms with van der Waals surface area (Å²) in [5.41, 5.74) is 0.434. The van der Waals surface area contributed by atoms with Crippen molar-refractivity contribution in [3.8, 4) is 0 Å². The Bertz CT molecular complexity index is 378. The average molecular weight is 251 g/mol. The number of ether oxygens (including phenoxy) is 2. The van der Waals surface area contributed by atoms with Crippen LogP contribution in [0.3, 0.4) is 0 Å². The summed E-state index contributed by atoms with van der Waals surface area (Å²) in [6, 6.07) is 8.55. The van der Waals surface area contributed by atoms with Crippen molar-refractivity contribution in [3.63, 3.8) is 0 Å². The summed E-state index contributed by atoms with van der Waals surface area (Å²) in [5.74, 6) is -0.871. The molecule has 0 amide bonds. The Morgan fingerprint density at radius 3 is 2.56 bits per heavy atom. The van der Waals surface area contributed by atoms with E-state index in [-0.39, 0.29) is 12.8 Å². The fourth-order valence-corrected chi connectivity index (χ4v) is 1.29. The molecule has 5 heteroatoms. The van der Waals surface area contributed by atoms with Crippen LogP contribution in [0.2, 0.25) is 0 Å². The van der Waals surface area contributed by atoms with E-state index < -0.39 is 5.97 Å². The van der Waals surface area contributed by atoms with Gasteiger partial charge in [-0.05, 0) is 32.1 Å². The zero-order valence-corrected chi connectivity index (χ0v) is 10.3. The molecule has 0 bridgehead atoms. The van der Waals surface area contributed by atoms with Gasteiger partial charge in [0.1, 0.15) is 0 Å². The Hall–Kier alpha value is -1.88. The zero-order chi connectivity index (χ0) is 13.2. The lowest BCUT2D eigenvalue weighted by Crippen LogP contribution is -2.15. The molecule has 0 aliphatic rings. The monoisotopic (exact) mass is 251 g/mol. The predicted octanol–water partition coefficient (Wildman–Crippen LogP) is 1.34. The van der Waals surface area contributed by atoms with Crippen LogP contribution in [-0.4, -0.2) is 32.3 Å². The Labute approximate surface area is 106 Å². The lowest BCUT2D eigenvalue weighted by Gasteiger charge is -2.06. The van der Waals surface area contributed by atoms with Crippen LogP contribution < -0.4 is 5.32 Å². The fraction of sp³-hybridized carbons (Fsp3) is 0.385. The number of rotatable bonds is 7. The molecule has 0 atom stereocenters. The van der Waals surface area contributed by atoms with Crippen LogP contribution >= 0.6 is 0 Å². The number of carbonyl (C=O) groups excluding carboxylic acids is 2. The highest BCUT2D eigenvalue weighted by Crippen LogP contribution is 2.01. The van der Waals surface area contributed by atoms with Crippen LogP contribution in [0.4, 0.5) is 0 Å². The molecule has 1 aromatic carbocycles. The van der Waals surface area contributed by atoms with Gasteiger partial charge in [-0.2, -0.15) is 0 Å². The predicted molar refractivity (Wildman–Crippen MR) is 66.0 cm³/mol. The molecule has 5 nitrogen and oxygen atoms in total. The molecule has 1 rings (SSSR count). The van der Waals surface area contributed by atoms with Gasteiger partial charge in [0.25, 0.3) is 0 Å². The van der Waals surface area contributed by atoms with Gasteiger partial charge >= 0.3 is 11.9 Å². The summed E-state index contributed by atoms with van der Waals surface area (Å²) in [6.07, 6.45) is 1.01. The van der Waals surface area contributed by atoms with Crippen LogP contribution in [0.1, 0.15) is 23.2 Å². The van der Waals surface area contributed by atoms with Gasteiger partial charge in [0.2, 0.25) is 6.79 Å². The van der Waals surface area contributed by atoms with Crippen molar-refractivity contribution in [1.29, 1.82) is 0 Å². The first-order chi connectivity index (χ1) is 8.74. The van der Waals surface area contributed by atoms with Crippen LogP contribution in [0.5, 0.6) is 0 Å². The van der Waals surface area contributed by atoms with Gasteiger partial charge < -0.3 is 14.8 Å². The first-order valence-corrected chi connectivity index (χ1v) is 5.76. The van der Waals surface area contributed by atoms with E-state index in [9.17, 15) is 9.59 Å². The van der Waals surface area contributed by atoms with Crippen molar-refractivity contribution in [3.05, 3.63) is 35.9 Å². The topological polar surface area (TPSA) is 64.6 Å². The molecule has 0 saturated heterocycles. The van der Waals surface area contributed by atoms with E-state index in [2.05, 4.69) is 5.32 Å². The summed E-state index contributed by atoms with van der Waals surface area (Å²) in [6.45, 7) is 0.408. The molecule has 1 N–H and O–H groups in total. The molecule has 0 aliphatic carbocycles. The maximum atomic E-state index is 11.5. The molecule has 0 radical (unpaired) electrons. The number of esters is 2. The van der Waals surface area contributed by atoms with Gasteiger partial charge in [0.05, 0.1) is 5.56 Å². The van der Waals surface area contributed by atoms with Crippen molar-refractivity contribution in [1.82, 2.24) is 5.32 Å². The molecule has 1 aromatic rings. The van der Waals surface area contributed by atoms with Crippen LogP contribution in [0.15, 0.2) is 30.3 Å². The number of nitrogens with one attached hydrogen (secondary N) is 1. The second-order valence-electron chi connectivity index (χ2n) is 3.64. The molecule has 18 heavy (non-hydrogen) atoms. The summed E-state index contributed by atoms with van der Waals surface area (Å²) < 4.78 is 9.58. The molecule has 0 aliphatic heterocycles. The Balaban J connectivity index is 2.18. The third-order valence-electron chi connectivity index (χ3n) is 2.23. The molecule has 98 valence electrons. The first-order valence-electron chi connectivity index (χ1n) is 5.76. The van der Waals surface area contributed by atoms with Crippen LogP contribution in [0.25, 0.3) is 0 Å². The van der Waals surface area contributed by atoms with Gasteiger partial charge in [-0.25, -0.2) is 4.79 Å². The lowest BCUT2D eigenvalue weighted by atomic mass is 10.2. The largest absolute Gasteiger partial charge is 0.428 e. The fourth-order valence-electron chi connectivity index (χ4n) is 1.29. The van der Waals surface area contributed by atoms with Gasteiger partial charge in [-0.15, -0.1) is 0 Å². The van der Waals surface area contributed by atoms with Crippen molar-refractivity contribution in [2.45, 2.75) is 12.8 Å². The average Bonchev–Trinajstić information content (AvgIpc) is 2.40. The summed E-state index contributed by atoms with van der Waals surface area (Å²) in [4.78, 5) is 22.7. The van der Waals surface area contributed by atoms with E-state index >= 15 is 0 Å². The summed E-state index contributed by atoms with van der Waals surface area (Å²) in [7, 11) is 1.81. The van der Waals surface area contributed by atoms with Gasteiger partial charge in [-0.1, -0.05) is 18.2 Å². The zero-order valence-electron chi connectivity index (χ0n) is 10.3. The standard InChI is InChI=1S/C13H17NO4/c1-14-9-5-8-12(15)17-10-18-13(16)11-6-3-2-4-7-11/h2-4,6-7,14H,5,8-10H2,1H3. The summed E-state index contributed by atoms with van der Waals surface area (Å²) in [5, 5.41) is 2.93. The number of benzene rings is 1. The van der Waals surface area contributed by atoms with Crippen LogP contribution in [0, 0.1) is 0 Å². The molecular formula is C13H17NO4. The van der Waals surface area contributed by atoms with E-state index in [1.54, 1.807) is 30.3 Å². The minimum atomic E-state index is -0.501. The molecule has 0 spiro atoms. The summed E-state index contributed by atoms with van der Waals surface area (Å²) >= 11 is 0. The van der Waals surface area contributed by atoms with E-state index in [1.165, 1.54) is 0 Å². The SMILES string of the molecule is CNCCCC(=O)OCOC(=O)c1ccccc1. The molecular weight excluding hydrogens is 234 g/mol. The lowest BCUT2D eigenvalue weighted by molar-refractivity contribution is -0.152. The Morgan fingerprint density at radius 2 is 1.89 bits per heavy atom. The number of hydrogen-bond donors (Lipinski definition) is 1. The van der Waals surface area contributed by atoms with Gasteiger partial charge in [0.15, 0.2) is 0 Å². The van der Waals surface area contributed by atoms with Gasteiger partial charge in [-0.3, -0.25) is 4.79 Å². The first kappa shape index (κ1) is 14.2. The highest BCUT2D eigenvalue weighted by atomic mass is 16.7. The van der Waals surface area contributed by atoms with Crippen molar-refractivity contribution in [2.24, 2.45) is 0 Å².